The maximum atomic E-state index is 13.2. The minimum atomic E-state index is -5.08. The molecule has 0 saturated carbocycles. The molecule has 0 aromatic heterocycles. The van der Waals surface area contributed by atoms with Crippen molar-refractivity contribution in [2.45, 2.75) is 410 Å². The van der Waals surface area contributed by atoms with Gasteiger partial charge in [0.05, 0.1) is 25.4 Å². The topological polar surface area (TPSA) is 192 Å². The van der Waals surface area contributed by atoms with Crippen molar-refractivity contribution in [3.63, 3.8) is 0 Å². The first-order chi connectivity index (χ1) is 39.0. The van der Waals surface area contributed by atoms with Crippen LogP contribution in [0.15, 0.2) is 0 Å². The lowest BCUT2D eigenvalue weighted by Crippen LogP contribution is -2.61. The van der Waals surface area contributed by atoms with Crippen LogP contribution in [0.1, 0.15) is 367 Å². The Hall–Kier alpha value is -0.900. The molecule has 0 spiro atoms. The summed E-state index contributed by atoms with van der Waals surface area (Å²) in [5, 5.41) is 45.3. The number of unbranched alkanes of at least 4 members (excludes halogenated alkanes) is 51. The van der Waals surface area contributed by atoms with Gasteiger partial charge in [0.2, 0.25) is 5.91 Å². The SMILES string of the molecule is CCCCCCCCCCCCCCCCCCCCCCCCCCCCCCC(=O)NC(COC1OC(CO)C(O)C(OS(=O)(=O)O)C1O)C(O)CCCCCCCCCCCCCCCCCCCCCCCCCCC. The predicted molar refractivity (Wildman–Crippen MR) is 333 cm³/mol. The third-order valence-electron chi connectivity index (χ3n) is 17.2. The second-order valence-corrected chi connectivity index (χ2v) is 25.9. The molecule has 0 bridgehead atoms. The van der Waals surface area contributed by atoms with E-state index in [9.17, 15) is 38.2 Å². The zero-order chi connectivity index (χ0) is 58.3. The third kappa shape index (κ3) is 48.3. The van der Waals surface area contributed by atoms with Crippen LogP contribution in [0.25, 0.3) is 0 Å². The molecule has 0 radical (unpaired) electrons. The van der Waals surface area contributed by atoms with Gasteiger partial charge in [0, 0.05) is 6.42 Å². The van der Waals surface area contributed by atoms with Crippen LogP contribution in [0.2, 0.25) is 0 Å². The van der Waals surface area contributed by atoms with Gasteiger partial charge in [-0.25, -0.2) is 4.18 Å². The molecule has 80 heavy (non-hydrogen) atoms. The highest BCUT2D eigenvalue weighted by atomic mass is 32.3. The van der Waals surface area contributed by atoms with Gasteiger partial charge < -0.3 is 35.2 Å². The summed E-state index contributed by atoms with van der Waals surface area (Å²) >= 11 is 0. The van der Waals surface area contributed by atoms with Crippen LogP contribution >= 0.6 is 0 Å². The predicted octanol–water partition coefficient (Wildman–Crippen LogP) is 18.0. The Morgan fingerprint density at radius 3 is 1.00 bits per heavy atom. The first-order valence-electron chi connectivity index (χ1n) is 34.9. The Kier molecular flexibility index (Phi) is 55.1. The maximum Gasteiger partial charge on any atom is 0.397 e. The van der Waals surface area contributed by atoms with Gasteiger partial charge in [-0.3, -0.25) is 9.35 Å². The van der Waals surface area contributed by atoms with Gasteiger partial charge in [0.15, 0.2) is 6.29 Å². The van der Waals surface area contributed by atoms with E-state index in [-0.39, 0.29) is 12.5 Å². The highest BCUT2D eigenvalue weighted by Crippen LogP contribution is 2.27. The molecular weight excluding hydrogens is 1030 g/mol. The first-order valence-corrected chi connectivity index (χ1v) is 36.3. The average molecular weight is 1160 g/mol. The van der Waals surface area contributed by atoms with Crippen LogP contribution < -0.4 is 5.32 Å². The van der Waals surface area contributed by atoms with Crippen molar-refractivity contribution in [1.29, 1.82) is 0 Å². The number of ether oxygens (including phenoxy) is 2. The molecule has 1 amide bonds. The lowest BCUT2D eigenvalue weighted by atomic mass is 9.99. The van der Waals surface area contributed by atoms with Crippen molar-refractivity contribution in [2.24, 2.45) is 0 Å². The zero-order valence-corrected chi connectivity index (χ0v) is 53.3. The summed E-state index contributed by atoms with van der Waals surface area (Å²) in [4.78, 5) is 13.2. The second kappa shape index (κ2) is 57.2. The molecule has 6 N–H and O–H groups in total. The second-order valence-electron chi connectivity index (χ2n) is 24.8. The van der Waals surface area contributed by atoms with Crippen LogP contribution in [0.5, 0.6) is 0 Å². The van der Waals surface area contributed by atoms with Crippen LogP contribution in [0.3, 0.4) is 0 Å². The minimum absolute atomic E-state index is 0.219. The van der Waals surface area contributed by atoms with Crippen LogP contribution in [0, 0.1) is 0 Å². The van der Waals surface area contributed by atoms with Crippen LogP contribution in [-0.4, -0.2) is 95.4 Å². The summed E-state index contributed by atoms with van der Waals surface area (Å²) in [5.74, 6) is -0.219. The largest absolute Gasteiger partial charge is 0.397 e. The smallest absolute Gasteiger partial charge is 0.394 e. The summed E-state index contributed by atoms with van der Waals surface area (Å²) in [6.45, 7) is 3.53. The fraction of sp³-hybridized carbons (Fsp3) is 0.985. The Bertz CT molecular complexity index is 1410. The van der Waals surface area contributed by atoms with Crippen molar-refractivity contribution >= 4 is 16.3 Å². The number of amides is 1. The number of hydrogen-bond acceptors (Lipinski definition) is 10. The number of nitrogens with one attached hydrogen (secondary N) is 1. The first kappa shape index (κ1) is 77.1. The van der Waals surface area contributed by atoms with E-state index < -0.39 is 59.9 Å². The van der Waals surface area contributed by atoms with Crippen LogP contribution in [-0.2, 0) is 28.9 Å². The summed E-state index contributed by atoms with van der Waals surface area (Å²) in [6, 6.07) is -0.855. The molecule has 1 aliphatic rings. The summed E-state index contributed by atoms with van der Waals surface area (Å²) in [7, 11) is -5.08. The van der Waals surface area contributed by atoms with Crippen LogP contribution in [0.4, 0.5) is 0 Å². The lowest BCUT2D eigenvalue weighted by molar-refractivity contribution is -0.298. The molecule has 7 atom stereocenters. The number of aliphatic hydroxyl groups is 4. The van der Waals surface area contributed by atoms with E-state index in [1.54, 1.807) is 0 Å². The Labute approximate surface area is 494 Å². The molecule has 0 aromatic carbocycles. The molecule has 1 rings (SSSR count). The van der Waals surface area contributed by atoms with E-state index in [1.807, 2.05) is 0 Å². The minimum Gasteiger partial charge on any atom is -0.394 e. The molecule has 0 aromatic rings. The maximum absolute atomic E-state index is 13.2. The van der Waals surface area contributed by atoms with Crippen molar-refractivity contribution in [1.82, 2.24) is 5.32 Å². The third-order valence-corrected chi connectivity index (χ3v) is 17.6. The molecule has 1 aliphatic heterocycles. The molecule has 1 heterocycles. The van der Waals surface area contributed by atoms with E-state index in [4.69, 9.17) is 9.47 Å². The van der Waals surface area contributed by atoms with E-state index in [1.165, 1.54) is 289 Å². The Balaban J connectivity index is 2.23. The quantitative estimate of drug-likeness (QED) is 0.0251. The molecular formula is C67H133NO11S. The summed E-state index contributed by atoms with van der Waals surface area (Å²) in [5.41, 5.74) is 0. The zero-order valence-electron chi connectivity index (χ0n) is 52.4. The molecule has 13 heteroatoms. The number of carbonyl (C=O) groups is 1. The molecule has 478 valence electrons. The van der Waals surface area contributed by atoms with Gasteiger partial charge in [-0.2, -0.15) is 8.42 Å². The fourth-order valence-corrected chi connectivity index (χ4v) is 12.3. The summed E-state index contributed by atoms with van der Waals surface area (Å²) in [6.07, 6.45) is 61.4. The lowest BCUT2D eigenvalue weighted by Gasteiger charge is -2.41. The van der Waals surface area contributed by atoms with Crippen molar-refractivity contribution < 1.29 is 51.8 Å². The molecule has 1 saturated heterocycles. The molecule has 1 fully saturated rings. The van der Waals surface area contributed by atoms with Gasteiger partial charge in [-0.05, 0) is 12.8 Å². The van der Waals surface area contributed by atoms with E-state index in [0.717, 1.165) is 51.4 Å². The highest BCUT2D eigenvalue weighted by molar-refractivity contribution is 7.80. The standard InChI is InChI=1S/C67H133NO11S/c1-3-5-7-9-11-13-15-17-19-21-23-25-27-29-30-31-33-35-37-39-41-43-45-47-49-51-53-55-57-63(71)68-60(59-77-67-65(73)66(79-80(74,75)76)64(72)62(58-69)78-67)61(70)56-54-52-50-48-46-44-42-40-38-36-34-32-28-26-24-22-20-18-16-14-12-10-8-6-4-2/h60-62,64-67,69-70,72-73H,3-59H2,1-2H3,(H,68,71)(H,74,75,76). The normalized spacial score (nSPS) is 18.5. The van der Waals surface area contributed by atoms with Gasteiger partial charge in [0.25, 0.3) is 0 Å². The fourth-order valence-electron chi connectivity index (χ4n) is 11.8. The average Bonchev–Trinajstić information content (AvgIpc) is 3.43. The van der Waals surface area contributed by atoms with Crippen molar-refractivity contribution in [3.8, 4) is 0 Å². The molecule has 0 aliphatic carbocycles. The number of carbonyl (C=O) groups excluding carboxylic acids is 1. The molecule has 7 unspecified atom stereocenters. The number of aliphatic hydroxyl groups excluding tert-OH is 4. The monoisotopic (exact) mass is 1160 g/mol. The van der Waals surface area contributed by atoms with Crippen molar-refractivity contribution in [2.75, 3.05) is 13.2 Å². The summed E-state index contributed by atoms with van der Waals surface area (Å²) < 4.78 is 48.1. The number of rotatable bonds is 63. The van der Waals surface area contributed by atoms with E-state index >= 15 is 0 Å². The van der Waals surface area contributed by atoms with E-state index in [0.29, 0.717) is 12.8 Å². The molecule has 12 nitrogen and oxygen atoms in total. The van der Waals surface area contributed by atoms with Gasteiger partial charge in [-0.1, -0.05) is 348 Å². The van der Waals surface area contributed by atoms with Gasteiger partial charge in [0.1, 0.15) is 24.4 Å². The Morgan fingerprint density at radius 2 is 0.725 bits per heavy atom. The highest BCUT2D eigenvalue weighted by Gasteiger charge is 2.48. The van der Waals surface area contributed by atoms with Gasteiger partial charge >= 0.3 is 10.4 Å². The number of hydrogen-bond donors (Lipinski definition) is 6. The van der Waals surface area contributed by atoms with Gasteiger partial charge in [-0.15, -0.1) is 0 Å². The van der Waals surface area contributed by atoms with E-state index in [2.05, 4.69) is 23.3 Å². The van der Waals surface area contributed by atoms with Crippen molar-refractivity contribution in [3.05, 3.63) is 0 Å². The Morgan fingerprint density at radius 1 is 0.450 bits per heavy atom.